The molecule has 0 aliphatic carbocycles. The number of hydrogen-bond donors (Lipinski definition) is 0. The molecule has 4 nitrogen and oxygen atoms in total. The fraction of sp³-hybridized carbons (Fsp3) is 0.167. The Labute approximate surface area is 174 Å². The van der Waals surface area contributed by atoms with Crippen LogP contribution in [0.1, 0.15) is 15.9 Å². The molecule has 5 rings (SSSR count). The molecule has 1 fully saturated rings. The number of Topliss-reactive ketones (excluding diaryl/α,β-unsaturated/α-hetero) is 1. The van der Waals surface area contributed by atoms with Crippen molar-refractivity contribution in [3.63, 3.8) is 0 Å². The third kappa shape index (κ3) is 3.54. The van der Waals surface area contributed by atoms with E-state index < -0.39 is 0 Å². The van der Waals surface area contributed by atoms with Gasteiger partial charge in [-0.2, -0.15) is 0 Å². The second-order valence-corrected chi connectivity index (χ2v) is 8.33. The molecule has 5 heteroatoms. The lowest BCUT2D eigenvalue weighted by Crippen LogP contribution is -2.22. The predicted molar refractivity (Wildman–Crippen MR) is 119 cm³/mol. The average molecular weight is 400 g/mol. The number of benzene rings is 2. The Bertz CT molecular complexity index is 1140. The molecular weight excluding hydrogens is 378 g/mol. The molecule has 0 radical (unpaired) electrons. The maximum absolute atomic E-state index is 13.4. The van der Waals surface area contributed by atoms with Gasteiger partial charge in [0.15, 0.2) is 5.78 Å². The number of anilines is 1. The molecule has 0 spiro atoms. The third-order valence-electron chi connectivity index (χ3n) is 5.37. The van der Waals surface area contributed by atoms with Gasteiger partial charge in [0.2, 0.25) is 0 Å². The molecule has 0 N–H and O–H groups in total. The summed E-state index contributed by atoms with van der Waals surface area (Å²) < 4.78 is 4.37. The van der Waals surface area contributed by atoms with E-state index in [1.54, 1.807) is 18.1 Å². The standard InChI is InChI=1S/C24H21N3OS/c28-24(19-15-27(29-17-19)20-9-6-12-25-13-20)22-16-26(14-18-7-2-1-3-8-18)23-11-5-4-10-21(22)23/h1-13,16,19H,14-15,17H2. The second kappa shape index (κ2) is 7.76. The van der Waals surface area contributed by atoms with Crippen LogP contribution < -0.4 is 4.31 Å². The van der Waals surface area contributed by atoms with E-state index in [4.69, 9.17) is 0 Å². The molecule has 0 amide bonds. The molecule has 2 aromatic carbocycles. The molecule has 2 aromatic heterocycles. The number of rotatable bonds is 5. The Morgan fingerprint density at radius 2 is 1.86 bits per heavy atom. The molecule has 1 atom stereocenters. The van der Waals surface area contributed by atoms with Crippen molar-refractivity contribution >= 4 is 34.3 Å². The molecule has 0 bridgehead atoms. The van der Waals surface area contributed by atoms with Crippen LogP contribution in [0.15, 0.2) is 85.3 Å². The van der Waals surface area contributed by atoms with Gasteiger partial charge >= 0.3 is 0 Å². The number of ketones is 1. The lowest BCUT2D eigenvalue weighted by molar-refractivity contribution is 0.0942. The van der Waals surface area contributed by atoms with Crippen LogP contribution in [0.4, 0.5) is 5.69 Å². The van der Waals surface area contributed by atoms with Gasteiger partial charge in [0.05, 0.1) is 17.8 Å². The third-order valence-corrected chi connectivity index (χ3v) is 6.60. The van der Waals surface area contributed by atoms with Crippen LogP contribution in [0.2, 0.25) is 0 Å². The van der Waals surface area contributed by atoms with Gasteiger partial charge in [-0.1, -0.05) is 48.5 Å². The molecule has 1 aliphatic rings. The zero-order chi connectivity index (χ0) is 19.6. The molecule has 1 unspecified atom stereocenters. The maximum atomic E-state index is 13.4. The molecule has 144 valence electrons. The number of pyridine rings is 1. The highest BCUT2D eigenvalue weighted by Crippen LogP contribution is 2.34. The Balaban J connectivity index is 1.43. The van der Waals surface area contributed by atoms with E-state index in [1.165, 1.54) is 5.56 Å². The number of carbonyl (C=O) groups excluding carboxylic acids is 1. The van der Waals surface area contributed by atoms with Gasteiger partial charge < -0.3 is 8.87 Å². The lowest BCUT2D eigenvalue weighted by Gasteiger charge is -2.15. The van der Waals surface area contributed by atoms with Gasteiger partial charge in [0, 0.05) is 47.7 Å². The second-order valence-electron chi connectivity index (χ2n) is 7.30. The van der Waals surface area contributed by atoms with Crippen LogP contribution in [-0.2, 0) is 6.54 Å². The molecule has 1 aliphatic heterocycles. The van der Waals surface area contributed by atoms with Crippen molar-refractivity contribution in [3.05, 3.63) is 96.4 Å². The van der Waals surface area contributed by atoms with Crippen LogP contribution in [0.3, 0.4) is 0 Å². The number of aromatic nitrogens is 2. The quantitative estimate of drug-likeness (QED) is 0.348. The van der Waals surface area contributed by atoms with Crippen LogP contribution in [0, 0.1) is 5.92 Å². The van der Waals surface area contributed by atoms with Gasteiger partial charge in [-0.05, 0) is 35.7 Å². The minimum atomic E-state index is -0.0174. The van der Waals surface area contributed by atoms with Gasteiger partial charge in [0.1, 0.15) is 0 Å². The largest absolute Gasteiger partial charge is 0.342 e. The summed E-state index contributed by atoms with van der Waals surface area (Å²) in [7, 11) is 0. The van der Waals surface area contributed by atoms with E-state index in [0.29, 0.717) is 6.54 Å². The van der Waals surface area contributed by atoms with Crippen LogP contribution in [0.25, 0.3) is 10.9 Å². The topological polar surface area (TPSA) is 38.1 Å². The number of carbonyl (C=O) groups is 1. The zero-order valence-corrected chi connectivity index (χ0v) is 16.8. The first-order chi connectivity index (χ1) is 14.3. The van der Waals surface area contributed by atoms with Crippen molar-refractivity contribution in [2.75, 3.05) is 16.6 Å². The predicted octanol–water partition coefficient (Wildman–Crippen LogP) is 5.05. The number of para-hydroxylation sites is 1. The van der Waals surface area contributed by atoms with Crippen molar-refractivity contribution < 1.29 is 4.79 Å². The van der Waals surface area contributed by atoms with E-state index in [9.17, 15) is 4.79 Å². The first kappa shape index (κ1) is 18.0. The Morgan fingerprint density at radius 3 is 2.69 bits per heavy atom. The van der Waals surface area contributed by atoms with Crippen molar-refractivity contribution in [3.8, 4) is 0 Å². The summed E-state index contributed by atoms with van der Waals surface area (Å²) >= 11 is 1.71. The van der Waals surface area contributed by atoms with Gasteiger partial charge in [0.25, 0.3) is 0 Å². The maximum Gasteiger partial charge on any atom is 0.170 e. The molecule has 3 heterocycles. The lowest BCUT2D eigenvalue weighted by atomic mass is 9.98. The Kier molecular flexibility index (Phi) is 4.82. The molecule has 4 aromatic rings. The minimum Gasteiger partial charge on any atom is -0.342 e. The number of hydrogen-bond acceptors (Lipinski definition) is 4. The van der Waals surface area contributed by atoms with E-state index >= 15 is 0 Å². The zero-order valence-electron chi connectivity index (χ0n) is 15.9. The van der Waals surface area contributed by atoms with E-state index in [-0.39, 0.29) is 11.7 Å². The summed E-state index contributed by atoms with van der Waals surface area (Å²) in [5.74, 6) is 1.01. The highest BCUT2D eigenvalue weighted by molar-refractivity contribution is 8.00. The molecule has 29 heavy (non-hydrogen) atoms. The Morgan fingerprint density at radius 1 is 1.03 bits per heavy atom. The molecule has 0 saturated carbocycles. The van der Waals surface area contributed by atoms with E-state index in [1.807, 2.05) is 42.7 Å². The first-order valence-electron chi connectivity index (χ1n) is 9.76. The fourth-order valence-electron chi connectivity index (χ4n) is 3.90. The van der Waals surface area contributed by atoms with Gasteiger partial charge in [-0.15, -0.1) is 0 Å². The first-order valence-corrected chi connectivity index (χ1v) is 10.7. The number of nitrogens with zero attached hydrogens (tertiary/aromatic N) is 3. The summed E-state index contributed by atoms with van der Waals surface area (Å²) in [6, 6.07) is 22.5. The van der Waals surface area contributed by atoms with Gasteiger partial charge in [-0.3, -0.25) is 9.78 Å². The van der Waals surface area contributed by atoms with E-state index in [0.717, 1.165) is 34.5 Å². The van der Waals surface area contributed by atoms with Crippen molar-refractivity contribution in [2.24, 2.45) is 5.92 Å². The summed E-state index contributed by atoms with van der Waals surface area (Å²) in [5, 5.41) is 1.04. The van der Waals surface area contributed by atoms with Gasteiger partial charge in [-0.25, -0.2) is 0 Å². The SMILES string of the molecule is O=C(c1cn(Cc2ccccc2)c2ccccc12)C1CSN(c2cccnc2)C1. The Hall–Kier alpha value is -3.05. The summed E-state index contributed by atoms with van der Waals surface area (Å²) in [4.78, 5) is 17.6. The van der Waals surface area contributed by atoms with Crippen LogP contribution in [0.5, 0.6) is 0 Å². The van der Waals surface area contributed by atoms with E-state index in [2.05, 4.69) is 50.3 Å². The minimum absolute atomic E-state index is 0.0174. The molecule has 1 saturated heterocycles. The molecular formula is C24H21N3OS. The average Bonchev–Trinajstić information content (AvgIpc) is 3.41. The summed E-state index contributed by atoms with van der Waals surface area (Å²) in [6.45, 7) is 1.48. The van der Waals surface area contributed by atoms with Crippen molar-refractivity contribution in [1.29, 1.82) is 0 Å². The fourth-order valence-corrected chi connectivity index (χ4v) is 5.06. The van der Waals surface area contributed by atoms with Crippen molar-refractivity contribution in [2.45, 2.75) is 6.54 Å². The summed E-state index contributed by atoms with van der Waals surface area (Å²) in [5.41, 5.74) is 4.22. The summed E-state index contributed by atoms with van der Waals surface area (Å²) in [6.07, 6.45) is 5.66. The van der Waals surface area contributed by atoms with Crippen LogP contribution in [-0.4, -0.2) is 27.6 Å². The highest BCUT2D eigenvalue weighted by Gasteiger charge is 2.31. The van der Waals surface area contributed by atoms with Crippen LogP contribution >= 0.6 is 11.9 Å². The monoisotopic (exact) mass is 399 g/mol. The normalized spacial score (nSPS) is 16.4. The van der Waals surface area contributed by atoms with Crippen molar-refractivity contribution in [1.82, 2.24) is 9.55 Å². The number of fused-ring (bicyclic) bond motifs is 1. The smallest absolute Gasteiger partial charge is 0.170 e. The highest BCUT2D eigenvalue weighted by atomic mass is 32.2.